The van der Waals surface area contributed by atoms with Crippen molar-refractivity contribution in [2.24, 2.45) is 0 Å². The number of phenols is 2. The quantitative estimate of drug-likeness (QED) is 0.244. The summed E-state index contributed by atoms with van der Waals surface area (Å²) in [5, 5.41) is 27.5. The number of nitrogens with one attached hydrogen (secondary N) is 3. The molecule has 0 aromatic heterocycles. The molecule has 0 aliphatic rings. The first-order chi connectivity index (χ1) is 15.5. The number of amides is 2. The fraction of sp³-hybridized carbons (Fsp3) is 0.280. The lowest BCUT2D eigenvalue weighted by atomic mass is 10.2. The van der Waals surface area contributed by atoms with E-state index in [0.29, 0.717) is 13.1 Å². The van der Waals surface area contributed by atoms with Crippen LogP contribution in [0.15, 0.2) is 60.7 Å². The van der Waals surface area contributed by atoms with E-state index in [2.05, 4.69) is 16.0 Å². The molecule has 2 aromatic carbocycles. The number of rotatable bonds is 13. The minimum Gasteiger partial charge on any atom is -0.508 e. The molecule has 0 aliphatic heterocycles. The van der Waals surface area contributed by atoms with Gasteiger partial charge in [-0.05, 0) is 79.9 Å². The predicted molar refractivity (Wildman–Crippen MR) is 127 cm³/mol. The number of carbonyl (C=O) groups excluding carboxylic acids is 2. The highest BCUT2D eigenvalue weighted by Gasteiger charge is 1.97. The minimum absolute atomic E-state index is 0.138. The number of hydrogen-bond donors (Lipinski definition) is 5. The van der Waals surface area contributed by atoms with Crippen LogP contribution in [-0.4, -0.2) is 48.2 Å². The van der Waals surface area contributed by atoms with Crippen LogP contribution in [0.3, 0.4) is 0 Å². The van der Waals surface area contributed by atoms with Crippen LogP contribution in [0.1, 0.15) is 30.4 Å². The van der Waals surface area contributed by atoms with E-state index >= 15 is 0 Å². The highest BCUT2D eigenvalue weighted by molar-refractivity contribution is 5.92. The fourth-order valence-electron chi connectivity index (χ4n) is 2.77. The van der Waals surface area contributed by atoms with Gasteiger partial charge in [0, 0.05) is 25.2 Å². The van der Waals surface area contributed by atoms with E-state index in [4.69, 9.17) is 0 Å². The summed E-state index contributed by atoms with van der Waals surface area (Å²) in [6.07, 6.45) is 9.03. The van der Waals surface area contributed by atoms with Gasteiger partial charge in [0.05, 0.1) is 0 Å². The molecule has 5 N–H and O–H groups in total. The van der Waals surface area contributed by atoms with Crippen LogP contribution in [0.4, 0.5) is 0 Å². The third kappa shape index (κ3) is 11.0. The number of hydrogen-bond acceptors (Lipinski definition) is 5. The SMILES string of the molecule is O=C(/C=C/c1ccc(O)cc1)NCCCCNCCCNC(=O)/C=C/c1ccc(O)cc1. The maximum absolute atomic E-state index is 11.8. The first-order valence-electron chi connectivity index (χ1n) is 10.7. The van der Waals surface area contributed by atoms with E-state index in [1.807, 2.05) is 0 Å². The van der Waals surface area contributed by atoms with Gasteiger partial charge in [0.15, 0.2) is 0 Å². The fourth-order valence-corrected chi connectivity index (χ4v) is 2.77. The van der Waals surface area contributed by atoms with E-state index in [-0.39, 0.29) is 23.3 Å². The van der Waals surface area contributed by atoms with Gasteiger partial charge in [-0.25, -0.2) is 0 Å². The first kappa shape index (κ1) is 24.7. The predicted octanol–water partition coefficient (Wildman–Crippen LogP) is 2.82. The molecule has 2 rings (SSSR count). The van der Waals surface area contributed by atoms with Crippen molar-refractivity contribution in [2.75, 3.05) is 26.2 Å². The summed E-state index contributed by atoms with van der Waals surface area (Å²) in [5.41, 5.74) is 1.70. The zero-order valence-electron chi connectivity index (χ0n) is 18.1. The molecule has 2 amide bonds. The van der Waals surface area contributed by atoms with Crippen molar-refractivity contribution < 1.29 is 19.8 Å². The summed E-state index contributed by atoms with van der Waals surface area (Å²) in [7, 11) is 0. The molecule has 2 aromatic rings. The topological polar surface area (TPSA) is 111 Å². The standard InChI is InChI=1S/C25H31N3O4/c29-22-10-4-20(5-11-22)8-14-24(31)27-18-2-1-16-26-17-3-19-28-25(32)15-9-21-6-12-23(30)13-7-21/h4-15,26,29-30H,1-3,16-19H2,(H,27,31)(H,28,32)/b14-8+,15-9+. The van der Waals surface area contributed by atoms with Gasteiger partial charge in [-0.2, -0.15) is 0 Å². The van der Waals surface area contributed by atoms with Crippen LogP contribution < -0.4 is 16.0 Å². The lowest BCUT2D eigenvalue weighted by Crippen LogP contribution is -2.27. The molecule has 7 nitrogen and oxygen atoms in total. The Bertz CT molecular complexity index is 815. The summed E-state index contributed by atoms with van der Waals surface area (Å²) in [6, 6.07) is 13.3. The monoisotopic (exact) mass is 437 g/mol. The molecule has 0 heterocycles. The van der Waals surface area contributed by atoms with Gasteiger partial charge in [-0.1, -0.05) is 24.3 Å². The third-order valence-corrected chi connectivity index (χ3v) is 4.55. The Morgan fingerprint density at radius 3 is 1.53 bits per heavy atom. The number of phenolic OH excluding ortho intramolecular Hbond substituents is 2. The van der Waals surface area contributed by atoms with Gasteiger partial charge in [0.2, 0.25) is 11.8 Å². The summed E-state index contributed by atoms with van der Waals surface area (Å²) >= 11 is 0. The third-order valence-electron chi connectivity index (χ3n) is 4.55. The molecule has 32 heavy (non-hydrogen) atoms. The maximum atomic E-state index is 11.8. The summed E-state index contributed by atoms with van der Waals surface area (Å²) < 4.78 is 0. The first-order valence-corrected chi connectivity index (χ1v) is 10.7. The molecule has 0 fully saturated rings. The highest BCUT2D eigenvalue weighted by Crippen LogP contribution is 2.11. The van der Waals surface area contributed by atoms with E-state index in [1.165, 1.54) is 12.2 Å². The van der Waals surface area contributed by atoms with E-state index in [1.54, 1.807) is 60.7 Å². The van der Waals surface area contributed by atoms with Crippen molar-refractivity contribution in [2.45, 2.75) is 19.3 Å². The number of aromatic hydroxyl groups is 2. The second-order valence-electron chi connectivity index (χ2n) is 7.24. The van der Waals surface area contributed by atoms with Gasteiger partial charge in [-0.15, -0.1) is 0 Å². The maximum Gasteiger partial charge on any atom is 0.243 e. The molecule has 0 aliphatic carbocycles. The van der Waals surface area contributed by atoms with Gasteiger partial charge in [-0.3, -0.25) is 9.59 Å². The minimum atomic E-state index is -0.145. The second-order valence-corrected chi connectivity index (χ2v) is 7.24. The van der Waals surface area contributed by atoms with E-state index < -0.39 is 0 Å². The Balaban J connectivity index is 1.42. The Kier molecular flexibility index (Phi) is 11.1. The number of benzene rings is 2. The van der Waals surface area contributed by atoms with Crippen LogP contribution >= 0.6 is 0 Å². The second kappa shape index (κ2) is 14.4. The van der Waals surface area contributed by atoms with Gasteiger partial charge in [0.1, 0.15) is 11.5 Å². The molecule has 0 bridgehead atoms. The van der Waals surface area contributed by atoms with Crippen LogP contribution in [-0.2, 0) is 9.59 Å². The molecular formula is C25H31N3O4. The van der Waals surface area contributed by atoms with Gasteiger partial charge >= 0.3 is 0 Å². The van der Waals surface area contributed by atoms with Crippen LogP contribution in [0.25, 0.3) is 12.2 Å². The summed E-state index contributed by atoms with van der Waals surface area (Å²) in [6.45, 7) is 2.87. The zero-order valence-corrected chi connectivity index (χ0v) is 18.1. The summed E-state index contributed by atoms with van der Waals surface area (Å²) in [5.74, 6) is 0.113. The average molecular weight is 438 g/mol. The Morgan fingerprint density at radius 1 is 0.625 bits per heavy atom. The lowest BCUT2D eigenvalue weighted by molar-refractivity contribution is -0.117. The Labute approximate surface area is 188 Å². The smallest absolute Gasteiger partial charge is 0.243 e. The van der Waals surface area contributed by atoms with E-state index in [9.17, 15) is 19.8 Å². The molecular weight excluding hydrogens is 406 g/mol. The highest BCUT2D eigenvalue weighted by atomic mass is 16.3. The Hall–Kier alpha value is -3.58. The van der Waals surface area contributed by atoms with Crippen molar-refractivity contribution in [3.8, 4) is 11.5 Å². The summed E-state index contributed by atoms with van der Waals surface area (Å²) in [4.78, 5) is 23.5. The largest absolute Gasteiger partial charge is 0.508 e. The van der Waals surface area contributed by atoms with Gasteiger partial charge < -0.3 is 26.2 Å². The molecule has 0 saturated carbocycles. The molecule has 170 valence electrons. The normalized spacial score (nSPS) is 11.1. The van der Waals surface area contributed by atoms with E-state index in [0.717, 1.165) is 43.5 Å². The van der Waals surface area contributed by atoms with Crippen LogP contribution in [0.2, 0.25) is 0 Å². The van der Waals surface area contributed by atoms with Crippen LogP contribution in [0.5, 0.6) is 11.5 Å². The molecule has 0 radical (unpaired) electrons. The van der Waals surface area contributed by atoms with Crippen molar-refractivity contribution in [1.82, 2.24) is 16.0 Å². The van der Waals surface area contributed by atoms with Crippen LogP contribution in [0, 0.1) is 0 Å². The molecule has 7 heteroatoms. The molecule has 0 spiro atoms. The molecule has 0 atom stereocenters. The average Bonchev–Trinajstić information content (AvgIpc) is 2.79. The van der Waals surface area contributed by atoms with Crippen molar-refractivity contribution in [3.63, 3.8) is 0 Å². The van der Waals surface area contributed by atoms with Crippen molar-refractivity contribution in [3.05, 3.63) is 71.8 Å². The number of carbonyl (C=O) groups is 2. The molecule has 0 unspecified atom stereocenters. The Morgan fingerprint density at radius 2 is 1.03 bits per heavy atom. The number of unbranched alkanes of at least 4 members (excludes halogenated alkanes) is 1. The lowest BCUT2D eigenvalue weighted by Gasteiger charge is -2.06. The molecule has 0 saturated heterocycles. The zero-order chi connectivity index (χ0) is 23.0. The van der Waals surface area contributed by atoms with Crippen molar-refractivity contribution in [1.29, 1.82) is 0 Å². The van der Waals surface area contributed by atoms with Crippen molar-refractivity contribution >= 4 is 24.0 Å². The van der Waals surface area contributed by atoms with Gasteiger partial charge in [0.25, 0.3) is 0 Å².